The summed E-state index contributed by atoms with van der Waals surface area (Å²) in [6.07, 6.45) is 0.984. The van der Waals surface area contributed by atoms with Gasteiger partial charge in [-0.3, -0.25) is 9.10 Å². The molecule has 0 atom stereocenters. The molecule has 2 aromatic carbocycles. The Morgan fingerprint density at radius 3 is 2.48 bits per heavy atom. The molecule has 2 rings (SSSR count). The molecule has 7 nitrogen and oxygen atoms in total. The molecule has 130 valence electrons. The molecule has 0 aliphatic rings. The average molecular weight is 359 g/mol. The molecule has 0 fully saturated rings. The summed E-state index contributed by atoms with van der Waals surface area (Å²) in [5, 5.41) is 11.8. The summed E-state index contributed by atoms with van der Waals surface area (Å²) in [7, 11) is -2.29. The molecular formula is C17H17N3O4S. The number of rotatable bonds is 6. The second-order valence-corrected chi connectivity index (χ2v) is 7.05. The van der Waals surface area contributed by atoms with Gasteiger partial charge < -0.3 is 10.1 Å². The minimum atomic E-state index is -3.76. The fourth-order valence-corrected chi connectivity index (χ4v) is 3.10. The maximum atomic E-state index is 12.4. The predicted molar refractivity (Wildman–Crippen MR) is 95.0 cm³/mol. The molecular weight excluding hydrogens is 342 g/mol. The van der Waals surface area contributed by atoms with Crippen molar-refractivity contribution in [2.75, 3.05) is 29.5 Å². The van der Waals surface area contributed by atoms with Gasteiger partial charge in [0.05, 0.1) is 30.3 Å². The Labute approximate surface area is 146 Å². The maximum Gasteiger partial charge on any atom is 0.245 e. The van der Waals surface area contributed by atoms with Crippen molar-refractivity contribution >= 4 is 27.3 Å². The molecule has 1 amide bonds. The van der Waals surface area contributed by atoms with E-state index in [1.54, 1.807) is 36.4 Å². The van der Waals surface area contributed by atoms with Crippen molar-refractivity contribution in [3.63, 3.8) is 0 Å². The Bertz CT molecular complexity index is 919. The lowest BCUT2D eigenvalue weighted by atomic mass is 10.2. The number of hydrogen-bond donors (Lipinski definition) is 1. The van der Waals surface area contributed by atoms with E-state index in [1.165, 1.54) is 19.2 Å². The van der Waals surface area contributed by atoms with Gasteiger partial charge in [0, 0.05) is 0 Å². The molecule has 2 aromatic rings. The van der Waals surface area contributed by atoms with Crippen LogP contribution in [0.2, 0.25) is 0 Å². The number of amides is 1. The summed E-state index contributed by atoms with van der Waals surface area (Å²) < 4.78 is 30.3. The molecule has 0 radical (unpaired) electrons. The van der Waals surface area contributed by atoms with Crippen molar-refractivity contribution in [3.05, 3.63) is 54.1 Å². The number of nitriles is 1. The van der Waals surface area contributed by atoms with E-state index < -0.39 is 22.5 Å². The fourth-order valence-electron chi connectivity index (χ4n) is 2.23. The predicted octanol–water partition coefficient (Wildman–Crippen LogP) is 1.97. The van der Waals surface area contributed by atoms with Crippen molar-refractivity contribution in [2.24, 2.45) is 0 Å². The normalized spacial score (nSPS) is 10.6. The van der Waals surface area contributed by atoms with Crippen molar-refractivity contribution in [2.45, 2.75) is 0 Å². The number of nitrogens with one attached hydrogen (secondary N) is 1. The first kappa shape index (κ1) is 18.3. The lowest BCUT2D eigenvalue weighted by Gasteiger charge is -2.23. The van der Waals surface area contributed by atoms with E-state index in [4.69, 9.17) is 4.74 Å². The smallest absolute Gasteiger partial charge is 0.245 e. The molecule has 0 aliphatic heterocycles. The van der Waals surface area contributed by atoms with Crippen LogP contribution in [0, 0.1) is 11.3 Å². The third-order valence-electron chi connectivity index (χ3n) is 3.36. The highest BCUT2D eigenvalue weighted by molar-refractivity contribution is 7.92. The van der Waals surface area contributed by atoms with E-state index in [1.807, 2.05) is 6.07 Å². The molecule has 0 saturated carbocycles. The van der Waals surface area contributed by atoms with Crippen molar-refractivity contribution < 1.29 is 17.9 Å². The van der Waals surface area contributed by atoms with Gasteiger partial charge in [-0.1, -0.05) is 24.3 Å². The Morgan fingerprint density at radius 2 is 1.84 bits per heavy atom. The Hall–Kier alpha value is -3.05. The van der Waals surface area contributed by atoms with Crippen LogP contribution in [-0.4, -0.2) is 34.2 Å². The molecule has 0 bridgehead atoms. The van der Waals surface area contributed by atoms with Gasteiger partial charge >= 0.3 is 0 Å². The first-order chi connectivity index (χ1) is 11.9. The summed E-state index contributed by atoms with van der Waals surface area (Å²) in [5.74, 6) is -0.0955. The third kappa shape index (κ3) is 4.49. The summed E-state index contributed by atoms with van der Waals surface area (Å²) in [6, 6.07) is 14.9. The second kappa shape index (κ2) is 7.68. The van der Waals surface area contributed by atoms with Gasteiger partial charge in [0.2, 0.25) is 15.9 Å². The molecule has 0 aromatic heterocycles. The monoisotopic (exact) mass is 359 g/mol. The zero-order valence-corrected chi connectivity index (χ0v) is 14.6. The van der Waals surface area contributed by atoms with E-state index in [2.05, 4.69) is 5.32 Å². The fraction of sp³-hybridized carbons (Fsp3) is 0.176. The summed E-state index contributed by atoms with van der Waals surface area (Å²) in [5.41, 5.74) is 0.748. The maximum absolute atomic E-state index is 12.4. The number of carbonyl (C=O) groups excluding carboxylic acids is 1. The van der Waals surface area contributed by atoms with E-state index in [-0.39, 0.29) is 11.3 Å². The highest BCUT2D eigenvalue weighted by atomic mass is 32.2. The van der Waals surface area contributed by atoms with Crippen LogP contribution >= 0.6 is 0 Å². The Balaban J connectivity index is 2.30. The topological polar surface area (TPSA) is 99.5 Å². The number of nitrogens with zero attached hydrogens (tertiary/aromatic N) is 2. The summed E-state index contributed by atoms with van der Waals surface area (Å²) in [6.45, 7) is -0.463. The van der Waals surface area contributed by atoms with Gasteiger partial charge in [0.1, 0.15) is 18.4 Å². The molecule has 0 heterocycles. The Morgan fingerprint density at radius 1 is 1.20 bits per heavy atom. The highest BCUT2D eigenvalue weighted by Crippen LogP contribution is 2.25. The molecule has 1 N–H and O–H groups in total. The van der Waals surface area contributed by atoms with Crippen LogP contribution in [0.25, 0.3) is 0 Å². The number of carbonyl (C=O) groups is 1. The number of sulfonamides is 1. The van der Waals surface area contributed by atoms with Gasteiger partial charge in [0.15, 0.2) is 0 Å². The van der Waals surface area contributed by atoms with Crippen LogP contribution in [0.5, 0.6) is 5.75 Å². The lowest BCUT2D eigenvalue weighted by molar-refractivity contribution is -0.114. The van der Waals surface area contributed by atoms with Gasteiger partial charge in [0.25, 0.3) is 0 Å². The van der Waals surface area contributed by atoms with E-state index >= 15 is 0 Å². The number of benzene rings is 2. The van der Waals surface area contributed by atoms with Gasteiger partial charge in [-0.25, -0.2) is 8.42 Å². The number of anilines is 2. The average Bonchev–Trinajstić information content (AvgIpc) is 2.59. The van der Waals surface area contributed by atoms with E-state index in [9.17, 15) is 18.5 Å². The minimum absolute atomic E-state index is 0.155. The second-order valence-electron chi connectivity index (χ2n) is 5.15. The summed E-state index contributed by atoms with van der Waals surface area (Å²) in [4.78, 5) is 12.4. The van der Waals surface area contributed by atoms with E-state index in [0.29, 0.717) is 11.4 Å². The zero-order chi connectivity index (χ0) is 18.4. The first-order valence-corrected chi connectivity index (χ1v) is 9.11. The minimum Gasteiger partial charge on any atom is -0.495 e. The highest BCUT2D eigenvalue weighted by Gasteiger charge is 2.23. The van der Waals surface area contributed by atoms with Gasteiger partial charge in [-0.15, -0.1) is 0 Å². The van der Waals surface area contributed by atoms with Gasteiger partial charge in [-0.05, 0) is 24.3 Å². The Kier molecular flexibility index (Phi) is 5.62. The van der Waals surface area contributed by atoms with Crippen LogP contribution in [-0.2, 0) is 14.8 Å². The van der Waals surface area contributed by atoms with Crippen molar-refractivity contribution in [3.8, 4) is 11.8 Å². The van der Waals surface area contributed by atoms with Crippen LogP contribution in [0.3, 0.4) is 0 Å². The number of methoxy groups -OCH3 is 1. The van der Waals surface area contributed by atoms with Crippen molar-refractivity contribution in [1.29, 1.82) is 5.26 Å². The first-order valence-electron chi connectivity index (χ1n) is 7.26. The molecule has 0 saturated heterocycles. The SMILES string of the molecule is COc1ccccc1NC(=O)CN(c1ccccc1C#N)S(C)(=O)=O. The molecule has 0 aliphatic carbocycles. The molecule has 0 unspecified atom stereocenters. The van der Waals surface area contributed by atoms with Gasteiger partial charge in [-0.2, -0.15) is 5.26 Å². The molecule has 25 heavy (non-hydrogen) atoms. The third-order valence-corrected chi connectivity index (χ3v) is 4.49. The summed E-state index contributed by atoms with van der Waals surface area (Å²) >= 11 is 0. The number of hydrogen-bond acceptors (Lipinski definition) is 5. The number of para-hydroxylation sites is 3. The van der Waals surface area contributed by atoms with Crippen LogP contribution in [0.1, 0.15) is 5.56 Å². The molecule has 8 heteroatoms. The quantitative estimate of drug-likeness (QED) is 0.850. The zero-order valence-electron chi connectivity index (χ0n) is 13.8. The lowest BCUT2D eigenvalue weighted by Crippen LogP contribution is -2.37. The van der Waals surface area contributed by atoms with Crippen molar-refractivity contribution in [1.82, 2.24) is 0 Å². The van der Waals surface area contributed by atoms with Crippen LogP contribution < -0.4 is 14.4 Å². The van der Waals surface area contributed by atoms with E-state index in [0.717, 1.165) is 10.6 Å². The molecule has 0 spiro atoms. The van der Waals surface area contributed by atoms with Crippen LogP contribution in [0.4, 0.5) is 11.4 Å². The standard InChI is InChI=1S/C17H17N3O4S/c1-24-16-10-6-4-8-14(16)19-17(21)12-20(25(2,22)23)15-9-5-3-7-13(15)11-18/h3-10H,12H2,1-2H3,(H,19,21). The largest absolute Gasteiger partial charge is 0.495 e. The number of ether oxygens (including phenoxy) is 1. The van der Waals surface area contributed by atoms with Crippen LogP contribution in [0.15, 0.2) is 48.5 Å².